The third-order valence-electron chi connectivity index (χ3n) is 2.73. The molecule has 0 fully saturated rings. The molecular weight excluding hydrogens is 364 g/mol. The maximum Gasteiger partial charge on any atom is 0.217 e. The molecule has 0 heterocycles. The van der Waals surface area contributed by atoms with Gasteiger partial charge < -0.3 is 21.4 Å². The van der Waals surface area contributed by atoms with E-state index in [4.69, 9.17) is 17.5 Å². The van der Waals surface area contributed by atoms with Crippen LogP contribution in [0.5, 0.6) is 0 Å². The molecule has 0 aliphatic heterocycles. The quantitative estimate of drug-likeness (QED) is 0.251. The summed E-state index contributed by atoms with van der Waals surface area (Å²) in [6.45, 7) is 2.24. The van der Waals surface area contributed by atoms with Crippen LogP contribution in [0.4, 0.5) is 0 Å². The highest BCUT2D eigenvalue weighted by molar-refractivity contribution is 7.80. The molecule has 0 aromatic carbocycles. The van der Waals surface area contributed by atoms with Gasteiger partial charge in [0.25, 0.3) is 0 Å². The van der Waals surface area contributed by atoms with Crippen molar-refractivity contribution in [3.05, 3.63) is 0 Å². The van der Waals surface area contributed by atoms with Gasteiger partial charge in [0, 0.05) is 0 Å². The molecule has 0 aliphatic rings. The molecule has 0 aliphatic carbocycles. The van der Waals surface area contributed by atoms with Crippen molar-refractivity contribution >= 4 is 20.8 Å². The Labute approximate surface area is 146 Å². The van der Waals surface area contributed by atoms with E-state index in [-0.39, 0.29) is 18.9 Å². The van der Waals surface area contributed by atoms with Crippen molar-refractivity contribution in [1.29, 1.82) is 0 Å². The van der Waals surface area contributed by atoms with Crippen molar-refractivity contribution in [3.8, 4) is 0 Å². The molecule has 0 amide bonds. The molecule has 0 rings (SSSR count). The van der Waals surface area contributed by atoms with Crippen molar-refractivity contribution in [2.24, 2.45) is 0 Å². The van der Waals surface area contributed by atoms with Gasteiger partial charge in [-0.2, -0.15) is 0 Å². The Morgan fingerprint density at radius 3 is 1.33 bits per heavy atom. The number of quaternary nitrogens is 2. The Morgan fingerprint density at radius 1 is 0.750 bits per heavy atom. The average Bonchev–Trinajstić information content (AvgIpc) is 2.32. The number of unbranched alkanes of at least 4 members (excludes halogenated alkanes) is 9. The maximum atomic E-state index is 10.1. The summed E-state index contributed by atoms with van der Waals surface area (Å²) in [5, 5.41) is 0. The molecule has 12 heteroatoms. The predicted octanol–water partition coefficient (Wildman–Crippen LogP) is 3.14. The molecule has 0 radical (unpaired) electrons. The van der Waals surface area contributed by atoms with E-state index in [1.54, 1.807) is 0 Å². The molecule has 10 nitrogen and oxygen atoms in total. The summed E-state index contributed by atoms with van der Waals surface area (Å²) in [6.07, 6.45) is 11.7. The Kier molecular flexibility index (Phi) is 24.9. The monoisotopic (exact) mass is 398 g/mol. The van der Waals surface area contributed by atoms with Crippen LogP contribution in [-0.4, -0.2) is 37.1 Å². The summed E-state index contributed by atoms with van der Waals surface area (Å²) in [5.74, 6) is 0. The van der Waals surface area contributed by atoms with E-state index in [1.165, 1.54) is 44.9 Å². The van der Waals surface area contributed by atoms with E-state index < -0.39 is 20.8 Å². The molecule has 0 saturated carbocycles. The highest BCUT2D eigenvalue weighted by Crippen LogP contribution is 2.10. The number of rotatable bonds is 12. The molecule has 0 aromatic heterocycles. The fraction of sp³-hybridized carbons (Fsp3) is 1.00. The van der Waals surface area contributed by atoms with E-state index >= 15 is 0 Å². The van der Waals surface area contributed by atoms with Gasteiger partial charge in [-0.1, -0.05) is 64.7 Å². The third kappa shape index (κ3) is 49.5. The van der Waals surface area contributed by atoms with Gasteiger partial charge in [-0.25, -0.2) is 16.8 Å². The molecule has 0 spiro atoms. The summed E-state index contributed by atoms with van der Waals surface area (Å²) >= 11 is 0. The van der Waals surface area contributed by atoms with Gasteiger partial charge in [0.15, 0.2) is 0 Å². The van der Waals surface area contributed by atoms with E-state index in [1.807, 2.05) is 0 Å². The van der Waals surface area contributed by atoms with Crippen LogP contribution in [0, 0.1) is 0 Å². The van der Waals surface area contributed by atoms with Crippen LogP contribution in [0.2, 0.25) is 0 Å². The SMILES string of the molecule is CCCCCCCCCCCCOS(=O)(=O)[O-].O=S(=O)([O-])O.[NH4+].[NH4+]. The van der Waals surface area contributed by atoms with Crippen molar-refractivity contribution in [3.63, 3.8) is 0 Å². The Hall–Kier alpha value is -0.340. The van der Waals surface area contributed by atoms with Crippen LogP contribution in [0.3, 0.4) is 0 Å². The van der Waals surface area contributed by atoms with Crippen molar-refractivity contribution in [2.45, 2.75) is 71.1 Å². The summed E-state index contributed by atoms with van der Waals surface area (Å²) in [5.41, 5.74) is 0. The van der Waals surface area contributed by atoms with Crippen LogP contribution in [0.1, 0.15) is 71.1 Å². The fourth-order valence-electron chi connectivity index (χ4n) is 1.75. The molecule has 24 heavy (non-hydrogen) atoms. The summed E-state index contributed by atoms with van der Waals surface area (Å²) in [4.78, 5) is 0. The van der Waals surface area contributed by atoms with Gasteiger partial charge in [-0.15, -0.1) is 0 Å². The first kappa shape index (κ1) is 31.4. The first-order valence-corrected chi connectivity index (χ1v) is 10.0. The van der Waals surface area contributed by atoms with Crippen molar-refractivity contribution < 1.29 is 34.7 Å². The second kappa shape index (κ2) is 19.0. The summed E-state index contributed by atoms with van der Waals surface area (Å²) in [7, 11) is -9.40. The minimum atomic E-state index is -4.92. The molecule has 0 bridgehead atoms. The van der Waals surface area contributed by atoms with E-state index in [9.17, 15) is 13.0 Å². The lowest BCUT2D eigenvalue weighted by atomic mass is 10.1. The highest BCUT2D eigenvalue weighted by Gasteiger charge is 1.95. The van der Waals surface area contributed by atoms with Gasteiger partial charge in [-0.05, 0) is 6.42 Å². The standard InChI is InChI=1S/C12H26O4S.2H3N.H2O4S/c1-2-3-4-5-6-7-8-9-10-11-12-16-17(13,14)15;;;1-5(2,3)4/h2-12H2,1H3,(H,13,14,15);2*1H3;(H2,1,2,3,4). The average molecular weight is 399 g/mol. The smallest absolute Gasteiger partial charge is 0.217 e. The van der Waals surface area contributed by atoms with E-state index in [2.05, 4.69) is 11.1 Å². The lowest BCUT2D eigenvalue weighted by Gasteiger charge is -2.06. The largest absolute Gasteiger partial charge is 0.726 e. The van der Waals surface area contributed by atoms with Crippen LogP contribution < -0.4 is 12.3 Å². The number of hydrogen-bond acceptors (Lipinski definition) is 7. The lowest BCUT2D eigenvalue weighted by molar-refractivity contribution is 0.255. The topological polar surface area (TPSA) is 217 Å². The first-order valence-electron chi connectivity index (χ1n) is 7.35. The van der Waals surface area contributed by atoms with Crippen LogP contribution in [0.15, 0.2) is 0 Å². The summed E-state index contributed by atoms with van der Waals surface area (Å²) in [6, 6.07) is 0. The van der Waals surface area contributed by atoms with Gasteiger partial charge in [-0.3, -0.25) is 8.74 Å². The van der Waals surface area contributed by atoms with Crippen molar-refractivity contribution in [2.75, 3.05) is 6.61 Å². The van der Waals surface area contributed by atoms with Gasteiger partial charge in [0.2, 0.25) is 20.8 Å². The zero-order valence-corrected chi connectivity index (χ0v) is 16.5. The third-order valence-corrected chi connectivity index (χ3v) is 3.18. The molecule has 0 saturated heterocycles. The zero-order valence-electron chi connectivity index (χ0n) is 14.9. The van der Waals surface area contributed by atoms with Gasteiger partial charge in [0.1, 0.15) is 0 Å². The normalized spacial score (nSPS) is 10.8. The minimum absolute atomic E-state index is 0. The predicted molar refractivity (Wildman–Crippen MR) is 91.8 cm³/mol. The first-order chi connectivity index (χ1) is 10.1. The Bertz CT molecular complexity index is 432. The molecule has 0 unspecified atom stereocenters. The molecule has 152 valence electrons. The maximum absolute atomic E-state index is 10.1. The lowest BCUT2D eigenvalue weighted by Crippen LogP contribution is -2.05. The fourth-order valence-corrected chi connectivity index (χ4v) is 2.07. The van der Waals surface area contributed by atoms with Crippen LogP contribution in [-0.2, 0) is 25.0 Å². The molecular formula is C12H34N2O8S2. The highest BCUT2D eigenvalue weighted by atomic mass is 32.3. The molecule has 0 aromatic rings. The Balaban J connectivity index is -0.000000250. The van der Waals surface area contributed by atoms with Crippen LogP contribution >= 0.6 is 0 Å². The van der Waals surface area contributed by atoms with Gasteiger partial charge >= 0.3 is 0 Å². The molecule has 0 atom stereocenters. The second-order valence-electron chi connectivity index (χ2n) is 4.84. The summed E-state index contributed by atoms with van der Waals surface area (Å²) < 4.78 is 67.3. The number of hydrogen-bond donors (Lipinski definition) is 3. The van der Waals surface area contributed by atoms with Crippen molar-refractivity contribution in [1.82, 2.24) is 12.3 Å². The van der Waals surface area contributed by atoms with Gasteiger partial charge in [0.05, 0.1) is 6.61 Å². The molecule has 9 N–H and O–H groups in total. The Morgan fingerprint density at radius 2 is 1.04 bits per heavy atom. The van der Waals surface area contributed by atoms with E-state index in [0.29, 0.717) is 6.42 Å². The zero-order chi connectivity index (χ0) is 17.5. The minimum Gasteiger partial charge on any atom is -0.726 e. The van der Waals surface area contributed by atoms with Crippen LogP contribution in [0.25, 0.3) is 0 Å². The van der Waals surface area contributed by atoms with E-state index in [0.717, 1.165) is 12.8 Å². The second-order valence-corrected chi connectivity index (χ2v) is 6.75.